The lowest BCUT2D eigenvalue weighted by Gasteiger charge is -2.34. The largest absolute Gasteiger partial charge is 0.480 e. The van der Waals surface area contributed by atoms with Gasteiger partial charge in [0.15, 0.2) is 0 Å². The third kappa shape index (κ3) is 4.09. The Kier molecular flexibility index (Phi) is 6.23. The number of nitrogens with zero attached hydrogens (tertiary/aromatic N) is 1. The Balaban J connectivity index is 2.71. The molecule has 0 aromatic rings. The van der Waals surface area contributed by atoms with E-state index in [0.29, 0.717) is 13.0 Å². The van der Waals surface area contributed by atoms with E-state index in [9.17, 15) is 14.4 Å². The molecular formula is C12H20N2O6. The van der Waals surface area contributed by atoms with Gasteiger partial charge in [-0.1, -0.05) is 0 Å². The number of carboxylic acid groups (broad SMARTS) is 1. The van der Waals surface area contributed by atoms with Crippen LogP contribution in [0.2, 0.25) is 0 Å². The molecule has 0 aromatic heterocycles. The fourth-order valence-electron chi connectivity index (χ4n) is 2.17. The number of carbonyl (C=O) groups excluding carboxylic acids is 2. The van der Waals surface area contributed by atoms with Crippen LogP contribution in [0.25, 0.3) is 0 Å². The Morgan fingerprint density at radius 2 is 2.10 bits per heavy atom. The monoisotopic (exact) mass is 288 g/mol. The molecule has 0 radical (unpaired) electrons. The molecule has 114 valence electrons. The van der Waals surface area contributed by atoms with E-state index < -0.39 is 30.1 Å². The quantitative estimate of drug-likeness (QED) is 0.590. The maximum Gasteiger partial charge on any atom is 0.328 e. The smallest absolute Gasteiger partial charge is 0.328 e. The molecule has 0 aromatic carbocycles. The SMILES string of the molecule is COC(=O)C1CCCCN1C(=O)N[C@H](CCO)C(=O)O. The molecular weight excluding hydrogens is 268 g/mol. The summed E-state index contributed by atoms with van der Waals surface area (Å²) < 4.78 is 4.65. The minimum absolute atomic E-state index is 0.0855. The lowest BCUT2D eigenvalue weighted by atomic mass is 10.0. The van der Waals surface area contributed by atoms with Crippen LogP contribution in [0.1, 0.15) is 25.7 Å². The van der Waals surface area contributed by atoms with Crippen molar-refractivity contribution in [2.45, 2.75) is 37.8 Å². The van der Waals surface area contributed by atoms with Crippen LogP contribution in [0, 0.1) is 0 Å². The van der Waals surface area contributed by atoms with Gasteiger partial charge >= 0.3 is 18.0 Å². The second-order valence-electron chi connectivity index (χ2n) is 4.58. The van der Waals surface area contributed by atoms with Crippen molar-refractivity contribution in [3.05, 3.63) is 0 Å². The number of aliphatic hydroxyl groups is 1. The molecule has 8 nitrogen and oxygen atoms in total. The summed E-state index contributed by atoms with van der Waals surface area (Å²) in [5, 5.41) is 20.0. The summed E-state index contributed by atoms with van der Waals surface area (Å²) in [4.78, 5) is 35.9. The third-order valence-corrected chi connectivity index (χ3v) is 3.25. The average molecular weight is 288 g/mol. The zero-order chi connectivity index (χ0) is 15.1. The number of esters is 1. The second kappa shape index (κ2) is 7.68. The first-order valence-corrected chi connectivity index (χ1v) is 6.50. The number of hydrogen-bond acceptors (Lipinski definition) is 5. The van der Waals surface area contributed by atoms with E-state index >= 15 is 0 Å². The number of aliphatic carboxylic acids is 1. The molecule has 0 spiro atoms. The van der Waals surface area contributed by atoms with Gasteiger partial charge in [0.25, 0.3) is 0 Å². The normalized spacial score (nSPS) is 20.1. The van der Waals surface area contributed by atoms with Gasteiger partial charge in [0.1, 0.15) is 12.1 Å². The summed E-state index contributed by atoms with van der Waals surface area (Å²) in [6, 6.07) is -2.48. The van der Waals surface area contributed by atoms with Crippen LogP contribution < -0.4 is 5.32 Å². The van der Waals surface area contributed by atoms with E-state index in [1.165, 1.54) is 12.0 Å². The highest BCUT2D eigenvalue weighted by Gasteiger charge is 2.34. The molecule has 2 atom stereocenters. The number of urea groups is 1. The van der Waals surface area contributed by atoms with E-state index in [1.807, 2.05) is 0 Å². The summed E-state index contributed by atoms with van der Waals surface area (Å²) in [7, 11) is 1.25. The first-order valence-electron chi connectivity index (χ1n) is 6.50. The molecule has 1 fully saturated rings. The van der Waals surface area contributed by atoms with Crippen LogP contribution in [-0.2, 0) is 14.3 Å². The number of carbonyl (C=O) groups is 3. The highest BCUT2D eigenvalue weighted by molar-refractivity contribution is 5.86. The van der Waals surface area contributed by atoms with Crippen LogP contribution in [0.4, 0.5) is 4.79 Å². The Morgan fingerprint density at radius 3 is 2.65 bits per heavy atom. The number of rotatable bonds is 5. The lowest BCUT2D eigenvalue weighted by Crippen LogP contribution is -2.55. The third-order valence-electron chi connectivity index (χ3n) is 3.25. The molecule has 1 heterocycles. The van der Waals surface area contributed by atoms with Crippen molar-refractivity contribution < 1.29 is 29.3 Å². The van der Waals surface area contributed by atoms with Gasteiger partial charge in [0.05, 0.1) is 7.11 Å². The molecule has 2 amide bonds. The van der Waals surface area contributed by atoms with Crippen LogP contribution >= 0.6 is 0 Å². The van der Waals surface area contributed by atoms with Gasteiger partial charge in [-0.3, -0.25) is 0 Å². The number of methoxy groups -OCH3 is 1. The maximum atomic E-state index is 12.1. The van der Waals surface area contributed by atoms with Crippen molar-refractivity contribution in [1.29, 1.82) is 0 Å². The molecule has 1 rings (SSSR count). The minimum atomic E-state index is -1.22. The first kappa shape index (κ1) is 16.2. The summed E-state index contributed by atoms with van der Waals surface area (Å²) in [5.74, 6) is -1.73. The molecule has 0 aliphatic carbocycles. The van der Waals surface area contributed by atoms with E-state index in [1.54, 1.807) is 0 Å². The number of nitrogens with one attached hydrogen (secondary N) is 1. The van der Waals surface area contributed by atoms with Gasteiger partial charge in [0, 0.05) is 19.6 Å². The second-order valence-corrected chi connectivity index (χ2v) is 4.58. The van der Waals surface area contributed by atoms with E-state index in [2.05, 4.69) is 10.1 Å². The van der Waals surface area contributed by atoms with Gasteiger partial charge in [-0.2, -0.15) is 0 Å². The lowest BCUT2D eigenvalue weighted by molar-refractivity contribution is -0.146. The number of amides is 2. The fourth-order valence-corrected chi connectivity index (χ4v) is 2.17. The van der Waals surface area contributed by atoms with Gasteiger partial charge < -0.3 is 25.2 Å². The number of carboxylic acids is 1. The molecule has 1 aliphatic heterocycles. The van der Waals surface area contributed by atoms with Crippen molar-refractivity contribution in [3.8, 4) is 0 Å². The molecule has 1 aliphatic rings. The van der Waals surface area contributed by atoms with Crippen molar-refractivity contribution in [2.24, 2.45) is 0 Å². The molecule has 0 saturated carbocycles. The zero-order valence-electron chi connectivity index (χ0n) is 11.4. The van der Waals surface area contributed by atoms with Crippen LogP contribution in [0.15, 0.2) is 0 Å². The summed E-state index contributed by atoms with van der Waals surface area (Å²) in [6.07, 6.45) is 1.97. The maximum absolute atomic E-state index is 12.1. The molecule has 8 heteroatoms. The van der Waals surface area contributed by atoms with E-state index in [-0.39, 0.29) is 13.0 Å². The van der Waals surface area contributed by atoms with Gasteiger partial charge in [-0.05, 0) is 19.3 Å². The molecule has 0 bridgehead atoms. The summed E-state index contributed by atoms with van der Waals surface area (Å²) in [5.41, 5.74) is 0. The van der Waals surface area contributed by atoms with Crippen molar-refractivity contribution in [2.75, 3.05) is 20.3 Å². The first-order chi connectivity index (χ1) is 9.51. The van der Waals surface area contributed by atoms with E-state index in [4.69, 9.17) is 10.2 Å². The Morgan fingerprint density at radius 1 is 1.40 bits per heavy atom. The Hall–Kier alpha value is -1.83. The van der Waals surface area contributed by atoms with Gasteiger partial charge in [-0.15, -0.1) is 0 Å². The van der Waals surface area contributed by atoms with Crippen LogP contribution in [0.3, 0.4) is 0 Å². The fraction of sp³-hybridized carbons (Fsp3) is 0.750. The van der Waals surface area contributed by atoms with Crippen molar-refractivity contribution in [3.63, 3.8) is 0 Å². The highest BCUT2D eigenvalue weighted by atomic mass is 16.5. The minimum Gasteiger partial charge on any atom is -0.480 e. The highest BCUT2D eigenvalue weighted by Crippen LogP contribution is 2.18. The molecule has 20 heavy (non-hydrogen) atoms. The zero-order valence-corrected chi connectivity index (χ0v) is 11.4. The van der Waals surface area contributed by atoms with Crippen LogP contribution in [-0.4, -0.2) is 65.4 Å². The summed E-state index contributed by atoms with van der Waals surface area (Å²) >= 11 is 0. The predicted molar refractivity (Wildman–Crippen MR) is 68.0 cm³/mol. The number of hydrogen-bond donors (Lipinski definition) is 3. The Labute approximate surface area is 116 Å². The molecule has 1 saturated heterocycles. The number of piperidine rings is 1. The van der Waals surface area contributed by atoms with E-state index in [0.717, 1.165) is 12.8 Å². The van der Waals surface area contributed by atoms with Gasteiger partial charge in [-0.25, -0.2) is 14.4 Å². The standard InChI is InChI=1S/C12H20N2O6/c1-20-11(18)9-4-2-3-6-14(9)12(19)13-8(5-7-15)10(16)17/h8-9,15H,2-7H2,1H3,(H,13,19)(H,16,17)/t8-,9?/m1/s1. The average Bonchev–Trinajstić information content (AvgIpc) is 2.45. The Bertz CT molecular complexity index is 373. The van der Waals surface area contributed by atoms with Gasteiger partial charge in [0.2, 0.25) is 0 Å². The van der Waals surface area contributed by atoms with Crippen LogP contribution in [0.5, 0.6) is 0 Å². The molecule has 3 N–H and O–H groups in total. The summed E-state index contributed by atoms with van der Waals surface area (Å²) in [6.45, 7) is 0.0226. The van der Waals surface area contributed by atoms with Crippen molar-refractivity contribution >= 4 is 18.0 Å². The van der Waals surface area contributed by atoms with Crippen molar-refractivity contribution in [1.82, 2.24) is 10.2 Å². The predicted octanol–water partition coefficient (Wildman–Crippen LogP) is -0.441. The molecule has 1 unspecified atom stereocenters. The number of ether oxygens (including phenoxy) is 1. The number of aliphatic hydroxyl groups excluding tert-OH is 1. The number of likely N-dealkylation sites (tertiary alicyclic amines) is 1. The topological polar surface area (TPSA) is 116 Å².